The molecule has 1 aromatic carbocycles. The van der Waals surface area contributed by atoms with Crippen molar-refractivity contribution in [1.29, 1.82) is 0 Å². The van der Waals surface area contributed by atoms with Gasteiger partial charge in [-0.25, -0.2) is 0 Å². The Morgan fingerprint density at radius 3 is 2.29 bits per heavy atom. The van der Waals surface area contributed by atoms with E-state index in [1.54, 1.807) is 0 Å². The van der Waals surface area contributed by atoms with Crippen LogP contribution in [0.5, 0.6) is 0 Å². The quantitative estimate of drug-likeness (QED) is 0.505. The number of carbonyl (C=O) groups excluding carboxylic acids is 3. The van der Waals surface area contributed by atoms with Crippen LogP contribution in [0.4, 0.5) is 0 Å². The van der Waals surface area contributed by atoms with Gasteiger partial charge in [-0.3, -0.25) is 19.3 Å². The second-order valence-electron chi connectivity index (χ2n) is 10.6. The number of benzene rings is 1. The highest BCUT2D eigenvalue weighted by Crippen LogP contribution is 2.34. The van der Waals surface area contributed by atoms with Gasteiger partial charge in [0.2, 0.25) is 11.8 Å². The Balaban J connectivity index is 2.42. The van der Waals surface area contributed by atoms with Crippen LogP contribution < -0.4 is 10.6 Å². The van der Waals surface area contributed by atoms with Crippen LogP contribution in [0.15, 0.2) is 30.3 Å². The summed E-state index contributed by atoms with van der Waals surface area (Å²) >= 11 is 0. The van der Waals surface area contributed by atoms with Crippen LogP contribution in [-0.4, -0.2) is 52.5 Å². The Morgan fingerprint density at radius 1 is 1.12 bits per heavy atom. The van der Waals surface area contributed by atoms with Gasteiger partial charge in [0, 0.05) is 38.5 Å². The fourth-order valence-corrected chi connectivity index (χ4v) is 5.03. The summed E-state index contributed by atoms with van der Waals surface area (Å²) in [6.45, 7) is 13.4. The van der Waals surface area contributed by atoms with Crippen molar-refractivity contribution in [2.45, 2.75) is 110 Å². The van der Waals surface area contributed by atoms with Crippen molar-refractivity contribution in [2.75, 3.05) is 0 Å². The number of amides is 2. The molecule has 7 heteroatoms. The van der Waals surface area contributed by atoms with Gasteiger partial charge in [0.1, 0.15) is 11.6 Å². The van der Waals surface area contributed by atoms with Crippen molar-refractivity contribution in [3.8, 4) is 0 Å². The van der Waals surface area contributed by atoms with E-state index in [1.807, 2.05) is 45.9 Å². The van der Waals surface area contributed by atoms with Crippen molar-refractivity contribution in [3.05, 3.63) is 35.9 Å². The molecule has 2 amide bonds. The summed E-state index contributed by atoms with van der Waals surface area (Å²) in [5.74, 6) is -0.207. The molecule has 2 N–H and O–H groups in total. The maximum atomic E-state index is 13.3. The summed E-state index contributed by atoms with van der Waals surface area (Å²) in [4.78, 5) is 39.4. The lowest BCUT2D eigenvalue weighted by atomic mass is 9.86. The average Bonchev–Trinajstić information content (AvgIpc) is 3.03. The highest BCUT2D eigenvalue weighted by atomic mass is 16.6. The molecule has 1 aliphatic rings. The van der Waals surface area contributed by atoms with Gasteiger partial charge in [-0.2, -0.15) is 0 Å². The molecular weight excluding hydrogens is 430 g/mol. The number of likely N-dealkylation sites (tertiary alicyclic amines) is 1. The van der Waals surface area contributed by atoms with E-state index in [0.29, 0.717) is 13.0 Å². The summed E-state index contributed by atoms with van der Waals surface area (Å²) in [5.41, 5.74) is 0.508. The molecule has 0 aromatic heterocycles. The summed E-state index contributed by atoms with van der Waals surface area (Å²) < 4.78 is 5.79. The molecule has 0 saturated carbocycles. The fourth-order valence-electron chi connectivity index (χ4n) is 5.03. The first-order valence-electron chi connectivity index (χ1n) is 12.5. The van der Waals surface area contributed by atoms with Gasteiger partial charge < -0.3 is 15.4 Å². The molecule has 0 aliphatic carbocycles. The van der Waals surface area contributed by atoms with E-state index in [9.17, 15) is 14.4 Å². The lowest BCUT2D eigenvalue weighted by molar-refractivity contribution is -0.161. The van der Waals surface area contributed by atoms with Gasteiger partial charge in [0.25, 0.3) is 0 Å². The Kier molecular flexibility index (Phi) is 10.1. The maximum absolute atomic E-state index is 13.3. The molecule has 7 nitrogen and oxygen atoms in total. The van der Waals surface area contributed by atoms with Crippen LogP contribution in [0.25, 0.3) is 0 Å². The lowest BCUT2D eigenvalue weighted by Crippen LogP contribution is -2.49. The number of ether oxygens (including phenoxy) is 1. The van der Waals surface area contributed by atoms with E-state index in [1.165, 1.54) is 13.8 Å². The highest BCUT2D eigenvalue weighted by molar-refractivity contribution is 5.78. The molecule has 1 fully saturated rings. The van der Waals surface area contributed by atoms with E-state index in [4.69, 9.17) is 4.74 Å². The molecule has 1 aliphatic heterocycles. The van der Waals surface area contributed by atoms with E-state index >= 15 is 0 Å². The fraction of sp³-hybridized carbons (Fsp3) is 0.667. The number of rotatable bonds is 10. The van der Waals surface area contributed by atoms with Crippen LogP contribution >= 0.6 is 0 Å². The number of hydrogen-bond donors (Lipinski definition) is 2. The number of nitrogens with zero attached hydrogens (tertiary/aromatic N) is 1. The van der Waals surface area contributed by atoms with Crippen molar-refractivity contribution in [1.82, 2.24) is 15.5 Å². The zero-order chi connectivity index (χ0) is 25.5. The van der Waals surface area contributed by atoms with Gasteiger partial charge in [0.15, 0.2) is 0 Å². The third-order valence-electron chi connectivity index (χ3n) is 6.39. The molecule has 0 bridgehead atoms. The number of carbonyl (C=O) groups is 3. The van der Waals surface area contributed by atoms with Crippen LogP contribution in [-0.2, 0) is 25.7 Å². The summed E-state index contributed by atoms with van der Waals surface area (Å²) in [6.07, 6.45) is 3.19. The summed E-state index contributed by atoms with van der Waals surface area (Å²) in [5, 5.41) is 6.16. The smallest absolute Gasteiger partial charge is 0.323 e. The first-order valence-corrected chi connectivity index (χ1v) is 12.5. The predicted molar refractivity (Wildman–Crippen MR) is 134 cm³/mol. The molecule has 0 radical (unpaired) electrons. The molecule has 0 spiro atoms. The number of hydrogen-bond acceptors (Lipinski definition) is 5. The van der Waals surface area contributed by atoms with Crippen LogP contribution in [0.2, 0.25) is 0 Å². The van der Waals surface area contributed by atoms with Gasteiger partial charge >= 0.3 is 5.97 Å². The molecule has 1 aromatic rings. The van der Waals surface area contributed by atoms with Gasteiger partial charge in [-0.15, -0.1) is 0 Å². The molecule has 34 heavy (non-hydrogen) atoms. The van der Waals surface area contributed by atoms with Gasteiger partial charge in [-0.05, 0) is 58.4 Å². The topological polar surface area (TPSA) is 87.7 Å². The van der Waals surface area contributed by atoms with Crippen molar-refractivity contribution >= 4 is 17.8 Å². The maximum Gasteiger partial charge on any atom is 0.323 e. The van der Waals surface area contributed by atoms with Gasteiger partial charge in [-0.1, -0.05) is 43.7 Å². The largest absolute Gasteiger partial charge is 0.459 e. The average molecular weight is 474 g/mol. The molecule has 2 unspecified atom stereocenters. The summed E-state index contributed by atoms with van der Waals surface area (Å²) in [6, 6.07) is 9.37. The van der Waals surface area contributed by atoms with Gasteiger partial charge in [0.05, 0.1) is 0 Å². The first-order chi connectivity index (χ1) is 15.9. The van der Waals surface area contributed by atoms with Crippen molar-refractivity contribution < 1.29 is 19.1 Å². The minimum absolute atomic E-state index is 0.00502. The molecule has 1 saturated heterocycles. The second kappa shape index (κ2) is 12.3. The molecule has 1 heterocycles. The van der Waals surface area contributed by atoms with E-state index in [2.05, 4.69) is 34.6 Å². The number of esters is 1. The van der Waals surface area contributed by atoms with E-state index in [0.717, 1.165) is 24.8 Å². The Morgan fingerprint density at radius 2 is 1.76 bits per heavy atom. The molecule has 5 atom stereocenters. The molecular formula is C27H43N3O4. The Bertz CT molecular complexity index is 821. The minimum Gasteiger partial charge on any atom is -0.459 e. The van der Waals surface area contributed by atoms with E-state index < -0.39 is 11.6 Å². The highest BCUT2D eigenvalue weighted by Gasteiger charge is 2.47. The third-order valence-corrected chi connectivity index (χ3v) is 6.39. The van der Waals surface area contributed by atoms with Crippen LogP contribution in [0.3, 0.4) is 0 Å². The van der Waals surface area contributed by atoms with Crippen LogP contribution in [0.1, 0.15) is 79.7 Å². The summed E-state index contributed by atoms with van der Waals surface area (Å²) in [7, 11) is 0. The van der Waals surface area contributed by atoms with Crippen LogP contribution in [0, 0.1) is 5.92 Å². The molecule has 2 rings (SSSR count). The zero-order valence-electron chi connectivity index (χ0n) is 21.9. The zero-order valence-corrected chi connectivity index (χ0v) is 21.9. The van der Waals surface area contributed by atoms with Crippen molar-refractivity contribution in [2.24, 2.45) is 5.92 Å². The SMILES string of the molecule is CCCC(C[C@H]1[C@H](NC(C)=O)C[C@H](C(=O)OC(C)(C)C)N1Cc1ccccc1)C(C)NC(C)=O. The Labute approximate surface area is 205 Å². The third kappa shape index (κ3) is 8.42. The van der Waals surface area contributed by atoms with Crippen molar-refractivity contribution in [3.63, 3.8) is 0 Å². The normalized spacial score (nSPS) is 22.6. The monoisotopic (exact) mass is 473 g/mol. The first kappa shape index (κ1) is 27.8. The number of nitrogens with one attached hydrogen (secondary N) is 2. The molecule has 190 valence electrons. The predicted octanol–water partition coefficient (Wildman–Crippen LogP) is 3.81. The lowest BCUT2D eigenvalue weighted by Gasteiger charge is -2.36. The second-order valence-corrected chi connectivity index (χ2v) is 10.6. The minimum atomic E-state index is -0.595. The van der Waals surface area contributed by atoms with E-state index in [-0.39, 0.29) is 41.8 Å². The standard InChI is InChI=1S/C27H43N3O4/c1-8-12-22(18(2)28-19(3)31)15-24-23(29-20(4)32)16-25(26(33)34-27(5,6)7)30(24)17-21-13-10-9-11-14-21/h9-11,13-14,18,22-25H,8,12,15-17H2,1-7H3,(H,28,31)(H,29,32)/t18?,22?,23-,24+,25-/m1/s1. The Hall–Kier alpha value is -2.41.